The molecule has 0 bridgehead atoms. The van der Waals surface area contributed by atoms with Gasteiger partial charge in [0.1, 0.15) is 0 Å². The molecule has 1 fully saturated rings. The molecule has 1 amide bonds. The van der Waals surface area contributed by atoms with E-state index >= 15 is 0 Å². The number of morpholine rings is 1. The lowest BCUT2D eigenvalue weighted by Crippen LogP contribution is -2.39. The second-order valence-electron chi connectivity index (χ2n) is 9.20. The number of furan rings is 1. The highest BCUT2D eigenvalue weighted by molar-refractivity contribution is 6.16. The van der Waals surface area contributed by atoms with Gasteiger partial charge in [-0.1, -0.05) is 42.0 Å². The number of benzene rings is 2. The molecule has 2 aliphatic rings. The van der Waals surface area contributed by atoms with Crippen LogP contribution in [0.25, 0.3) is 11.0 Å². The molecule has 3 heterocycles. The maximum Gasteiger partial charge on any atom is 0.290 e. The zero-order valence-corrected chi connectivity index (χ0v) is 20.5. The first-order valence-corrected chi connectivity index (χ1v) is 12.2. The first-order chi connectivity index (χ1) is 17.5. The van der Waals surface area contributed by atoms with Crippen LogP contribution in [-0.2, 0) is 9.53 Å². The number of Topliss-reactive ketones (excluding diaryl/α,β-unsaturated/α-hetero) is 1. The van der Waals surface area contributed by atoms with E-state index in [4.69, 9.17) is 13.9 Å². The Morgan fingerprint density at radius 3 is 2.58 bits per heavy atom. The third kappa shape index (κ3) is 4.50. The highest BCUT2D eigenvalue weighted by Crippen LogP contribution is 2.40. The van der Waals surface area contributed by atoms with Crippen LogP contribution in [-0.4, -0.2) is 73.1 Å². The van der Waals surface area contributed by atoms with Crippen molar-refractivity contribution in [3.63, 3.8) is 0 Å². The summed E-state index contributed by atoms with van der Waals surface area (Å²) in [7, 11) is 1.53. The molecule has 1 aromatic heterocycles. The van der Waals surface area contributed by atoms with Crippen molar-refractivity contribution in [3.05, 3.63) is 76.8 Å². The Labute approximate surface area is 209 Å². The molecule has 2 aromatic carbocycles. The van der Waals surface area contributed by atoms with Gasteiger partial charge in [0, 0.05) is 31.6 Å². The maximum absolute atomic E-state index is 13.7. The summed E-state index contributed by atoms with van der Waals surface area (Å²) in [5.74, 6) is -1.02. The van der Waals surface area contributed by atoms with Gasteiger partial charge in [-0.15, -0.1) is 0 Å². The van der Waals surface area contributed by atoms with Crippen molar-refractivity contribution in [1.29, 1.82) is 0 Å². The fraction of sp³-hybridized carbons (Fsp3) is 0.357. The van der Waals surface area contributed by atoms with Gasteiger partial charge in [0.25, 0.3) is 5.91 Å². The minimum Gasteiger partial charge on any atom is -0.503 e. The molecule has 8 nitrogen and oxygen atoms in total. The number of aryl methyl sites for hydroxylation is 1. The van der Waals surface area contributed by atoms with Gasteiger partial charge < -0.3 is 23.9 Å². The summed E-state index contributed by atoms with van der Waals surface area (Å²) in [4.78, 5) is 30.9. The first kappa shape index (κ1) is 24.1. The van der Waals surface area contributed by atoms with E-state index < -0.39 is 23.5 Å². The summed E-state index contributed by atoms with van der Waals surface area (Å²) in [5, 5.41) is 11.6. The predicted octanol–water partition coefficient (Wildman–Crippen LogP) is 4.05. The molecule has 1 unspecified atom stereocenters. The Hall–Kier alpha value is -3.62. The molecule has 1 saturated heterocycles. The number of carbonyl (C=O) groups is 2. The number of hydrogen-bond acceptors (Lipinski definition) is 7. The van der Waals surface area contributed by atoms with Gasteiger partial charge in [0.2, 0.25) is 5.78 Å². The zero-order chi connectivity index (χ0) is 25.2. The van der Waals surface area contributed by atoms with E-state index in [1.807, 2.05) is 43.3 Å². The van der Waals surface area contributed by atoms with E-state index in [0.29, 0.717) is 42.9 Å². The van der Waals surface area contributed by atoms with Crippen LogP contribution >= 0.6 is 0 Å². The van der Waals surface area contributed by atoms with Gasteiger partial charge in [-0.3, -0.25) is 14.5 Å². The minimum absolute atomic E-state index is 0.0354. The summed E-state index contributed by atoms with van der Waals surface area (Å²) in [6, 6.07) is 14.0. The van der Waals surface area contributed by atoms with Crippen LogP contribution in [0.5, 0.6) is 5.75 Å². The van der Waals surface area contributed by atoms with Crippen molar-refractivity contribution in [2.45, 2.75) is 19.4 Å². The van der Waals surface area contributed by atoms with Gasteiger partial charge in [0.15, 0.2) is 22.9 Å². The van der Waals surface area contributed by atoms with Crippen LogP contribution in [0.15, 0.2) is 64.3 Å². The third-order valence-electron chi connectivity index (χ3n) is 6.87. The topological polar surface area (TPSA) is 92.5 Å². The largest absolute Gasteiger partial charge is 0.503 e. The second kappa shape index (κ2) is 10.2. The SMILES string of the molecule is COc1cccc2cc(C(=O)C3=C(O)C(=O)N(CCCN4CCOCC4)C3c3ccc(C)cc3)oc12. The van der Waals surface area contributed by atoms with E-state index in [-0.39, 0.29) is 11.3 Å². The number of rotatable bonds is 8. The Kier molecular flexibility index (Phi) is 6.80. The molecule has 36 heavy (non-hydrogen) atoms. The van der Waals surface area contributed by atoms with Gasteiger partial charge in [-0.05, 0) is 31.0 Å². The van der Waals surface area contributed by atoms with Gasteiger partial charge in [-0.2, -0.15) is 0 Å². The molecular formula is C28H30N2O6. The van der Waals surface area contributed by atoms with Crippen molar-refractivity contribution in [1.82, 2.24) is 9.80 Å². The number of aliphatic hydroxyl groups is 1. The number of fused-ring (bicyclic) bond motifs is 1. The standard InChI is InChI=1S/C28H30N2O6/c1-18-7-9-19(10-8-18)24-23(25(31)22-17-20-5-3-6-21(34-2)27(20)36-22)26(32)28(33)30(24)12-4-11-29-13-15-35-16-14-29/h3,5-10,17,24,32H,4,11-16H2,1-2H3. The van der Waals surface area contributed by atoms with Gasteiger partial charge in [0.05, 0.1) is 31.9 Å². The van der Waals surface area contributed by atoms with Crippen molar-refractivity contribution in [2.75, 3.05) is 46.5 Å². The van der Waals surface area contributed by atoms with Crippen LogP contribution in [0.3, 0.4) is 0 Å². The highest BCUT2D eigenvalue weighted by Gasteiger charge is 2.44. The number of para-hydroxylation sites is 1. The predicted molar refractivity (Wildman–Crippen MR) is 134 cm³/mol. The molecule has 188 valence electrons. The summed E-state index contributed by atoms with van der Waals surface area (Å²) in [6.45, 7) is 6.32. The van der Waals surface area contributed by atoms with Crippen molar-refractivity contribution >= 4 is 22.7 Å². The maximum atomic E-state index is 13.7. The number of methoxy groups -OCH3 is 1. The Bertz CT molecular complexity index is 1300. The fourth-order valence-electron chi connectivity index (χ4n) is 4.94. The lowest BCUT2D eigenvalue weighted by atomic mass is 9.94. The number of carbonyl (C=O) groups excluding carboxylic acids is 2. The Morgan fingerprint density at radius 1 is 1.11 bits per heavy atom. The molecule has 0 radical (unpaired) electrons. The molecule has 1 atom stereocenters. The smallest absolute Gasteiger partial charge is 0.290 e. The number of nitrogens with zero attached hydrogens (tertiary/aromatic N) is 2. The van der Waals surface area contributed by atoms with Gasteiger partial charge >= 0.3 is 0 Å². The van der Waals surface area contributed by atoms with E-state index in [0.717, 1.165) is 30.8 Å². The lowest BCUT2D eigenvalue weighted by Gasteiger charge is -2.30. The average molecular weight is 491 g/mol. The first-order valence-electron chi connectivity index (χ1n) is 12.2. The molecule has 0 spiro atoms. The molecule has 0 saturated carbocycles. The number of ketones is 1. The van der Waals surface area contributed by atoms with E-state index in [2.05, 4.69) is 4.90 Å². The van der Waals surface area contributed by atoms with Crippen LogP contribution in [0.1, 0.15) is 34.1 Å². The third-order valence-corrected chi connectivity index (χ3v) is 6.87. The number of hydrogen-bond donors (Lipinski definition) is 1. The molecule has 0 aliphatic carbocycles. The lowest BCUT2D eigenvalue weighted by molar-refractivity contribution is -0.129. The van der Waals surface area contributed by atoms with Crippen molar-refractivity contribution < 1.29 is 28.6 Å². The molecule has 8 heteroatoms. The molecule has 3 aromatic rings. The number of ether oxygens (including phenoxy) is 2. The average Bonchev–Trinajstić information content (AvgIpc) is 3.44. The van der Waals surface area contributed by atoms with Crippen LogP contribution < -0.4 is 4.74 Å². The fourth-order valence-corrected chi connectivity index (χ4v) is 4.94. The van der Waals surface area contributed by atoms with Crippen LogP contribution in [0, 0.1) is 6.92 Å². The molecular weight excluding hydrogens is 460 g/mol. The second-order valence-corrected chi connectivity index (χ2v) is 9.20. The normalized spacial score (nSPS) is 18.9. The zero-order valence-electron chi connectivity index (χ0n) is 20.5. The quantitative estimate of drug-likeness (QED) is 0.476. The number of aliphatic hydroxyl groups excluding tert-OH is 1. The van der Waals surface area contributed by atoms with Crippen LogP contribution in [0.4, 0.5) is 0 Å². The van der Waals surface area contributed by atoms with E-state index in [1.54, 1.807) is 17.0 Å². The number of amides is 1. The molecule has 2 aliphatic heterocycles. The van der Waals surface area contributed by atoms with Crippen LogP contribution in [0.2, 0.25) is 0 Å². The monoisotopic (exact) mass is 490 g/mol. The van der Waals surface area contributed by atoms with Crippen molar-refractivity contribution in [2.24, 2.45) is 0 Å². The molecule has 1 N–H and O–H groups in total. The van der Waals surface area contributed by atoms with Gasteiger partial charge in [-0.25, -0.2) is 0 Å². The van der Waals surface area contributed by atoms with Crippen molar-refractivity contribution in [3.8, 4) is 5.75 Å². The summed E-state index contributed by atoms with van der Waals surface area (Å²) >= 11 is 0. The highest BCUT2D eigenvalue weighted by atomic mass is 16.5. The van der Waals surface area contributed by atoms with E-state index in [9.17, 15) is 14.7 Å². The minimum atomic E-state index is -0.703. The summed E-state index contributed by atoms with van der Waals surface area (Å²) in [5.41, 5.74) is 2.31. The Morgan fingerprint density at radius 2 is 1.86 bits per heavy atom. The Balaban J connectivity index is 1.46. The summed E-state index contributed by atoms with van der Waals surface area (Å²) in [6.07, 6.45) is 0.713. The summed E-state index contributed by atoms with van der Waals surface area (Å²) < 4.78 is 16.6. The molecule has 5 rings (SSSR count). The van der Waals surface area contributed by atoms with E-state index in [1.165, 1.54) is 7.11 Å².